The summed E-state index contributed by atoms with van der Waals surface area (Å²) in [6.07, 6.45) is 0.771. The number of carbonyl (C=O) groups is 1. The summed E-state index contributed by atoms with van der Waals surface area (Å²) in [5, 5.41) is 1.87. The van der Waals surface area contributed by atoms with Gasteiger partial charge < -0.3 is 4.90 Å². The predicted molar refractivity (Wildman–Crippen MR) is 92.4 cm³/mol. The third-order valence-corrected chi connectivity index (χ3v) is 6.00. The molecular formula is C15H17N3O3S2. The molecule has 23 heavy (non-hydrogen) atoms. The van der Waals surface area contributed by atoms with Crippen molar-refractivity contribution in [2.75, 3.05) is 30.3 Å². The first-order chi connectivity index (χ1) is 10.9. The zero-order chi connectivity index (χ0) is 16.6. The van der Waals surface area contributed by atoms with E-state index in [0.29, 0.717) is 17.1 Å². The lowest BCUT2D eigenvalue weighted by Gasteiger charge is -2.18. The molecule has 2 aromatic rings. The Hall–Kier alpha value is -1.90. The quantitative estimate of drug-likeness (QED) is 0.918. The van der Waals surface area contributed by atoms with E-state index in [1.54, 1.807) is 23.1 Å². The van der Waals surface area contributed by atoms with Crippen molar-refractivity contribution in [3.63, 3.8) is 0 Å². The Morgan fingerprint density at radius 2 is 2.09 bits per heavy atom. The molecule has 1 aliphatic rings. The molecule has 0 unspecified atom stereocenters. The molecule has 3 rings (SSSR count). The standard InChI is InChI=1S/C15H17N3O3S2/c1-17(2)23(20,21)16-12-6-5-11-7-8-18(13(11)10-12)15(19)14-4-3-9-22-14/h3-6,9-10,16H,7-8H2,1-2H3. The second-order valence-corrected chi connectivity index (χ2v) is 8.25. The van der Waals surface area contributed by atoms with Crippen molar-refractivity contribution in [1.82, 2.24) is 4.31 Å². The normalized spacial score (nSPS) is 14.1. The molecule has 0 radical (unpaired) electrons. The molecule has 0 aliphatic carbocycles. The smallest absolute Gasteiger partial charge is 0.301 e. The topological polar surface area (TPSA) is 69.7 Å². The van der Waals surface area contributed by atoms with Crippen molar-refractivity contribution in [2.24, 2.45) is 0 Å². The van der Waals surface area contributed by atoms with Crippen LogP contribution in [0.4, 0.5) is 11.4 Å². The molecule has 8 heteroatoms. The average molecular weight is 351 g/mol. The average Bonchev–Trinajstić information content (AvgIpc) is 3.15. The summed E-state index contributed by atoms with van der Waals surface area (Å²) in [6, 6.07) is 8.94. The van der Waals surface area contributed by atoms with E-state index in [1.807, 2.05) is 17.5 Å². The van der Waals surface area contributed by atoms with Gasteiger partial charge in [-0.3, -0.25) is 9.52 Å². The number of carbonyl (C=O) groups excluding carboxylic acids is 1. The molecule has 0 saturated carbocycles. The van der Waals surface area contributed by atoms with Gasteiger partial charge in [-0.1, -0.05) is 12.1 Å². The number of nitrogens with zero attached hydrogens (tertiary/aromatic N) is 2. The summed E-state index contributed by atoms with van der Waals surface area (Å²) in [6.45, 7) is 0.607. The first kappa shape index (κ1) is 16.0. The van der Waals surface area contributed by atoms with E-state index >= 15 is 0 Å². The van der Waals surface area contributed by atoms with Crippen molar-refractivity contribution in [1.29, 1.82) is 0 Å². The van der Waals surface area contributed by atoms with E-state index in [4.69, 9.17) is 0 Å². The van der Waals surface area contributed by atoms with E-state index in [9.17, 15) is 13.2 Å². The van der Waals surface area contributed by atoms with Crippen LogP contribution in [0.3, 0.4) is 0 Å². The number of hydrogen-bond donors (Lipinski definition) is 1. The van der Waals surface area contributed by atoms with E-state index in [2.05, 4.69) is 4.72 Å². The predicted octanol–water partition coefficient (Wildman–Crippen LogP) is 2.17. The molecule has 122 valence electrons. The molecule has 0 fully saturated rings. The van der Waals surface area contributed by atoms with E-state index < -0.39 is 10.2 Å². The van der Waals surface area contributed by atoms with Crippen LogP contribution >= 0.6 is 11.3 Å². The van der Waals surface area contributed by atoms with Gasteiger partial charge in [0.2, 0.25) is 0 Å². The molecule has 6 nitrogen and oxygen atoms in total. The third-order valence-electron chi connectivity index (χ3n) is 3.69. The van der Waals surface area contributed by atoms with Gasteiger partial charge >= 0.3 is 10.2 Å². The van der Waals surface area contributed by atoms with Crippen LogP contribution in [-0.4, -0.2) is 39.3 Å². The highest BCUT2D eigenvalue weighted by Crippen LogP contribution is 2.32. The molecule has 1 aromatic carbocycles. The highest BCUT2D eigenvalue weighted by atomic mass is 32.2. The molecule has 0 saturated heterocycles. The summed E-state index contributed by atoms with van der Waals surface area (Å²) in [7, 11) is -0.646. The minimum Gasteiger partial charge on any atom is -0.307 e. The molecule has 0 bridgehead atoms. The number of fused-ring (bicyclic) bond motifs is 1. The van der Waals surface area contributed by atoms with E-state index in [-0.39, 0.29) is 5.91 Å². The number of rotatable bonds is 4. The second kappa shape index (κ2) is 5.95. The van der Waals surface area contributed by atoms with Gasteiger partial charge in [0, 0.05) is 26.3 Å². The minimum absolute atomic E-state index is 0.0497. The van der Waals surface area contributed by atoms with Crippen LogP contribution in [0.15, 0.2) is 35.7 Å². The van der Waals surface area contributed by atoms with Gasteiger partial charge in [-0.15, -0.1) is 11.3 Å². The molecule has 2 heterocycles. The number of benzene rings is 1. The van der Waals surface area contributed by atoms with E-state index in [0.717, 1.165) is 22.0 Å². The van der Waals surface area contributed by atoms with Crippen molar-refractivity contribution in [2.45, 2.75) is 6.42 Å². The first-order valence-electron chi connectivity index (χ1n) is 7.07. The van der Waals surface area contributed by atoms with Crippen molar-refractivity contribution in [3.8, 4) is 0 Å². The van der Waals surface area contributed by atoms with Crippen LogP contribution in [0.5, 0.6) is 0 Å². The molecule has 0 spiro atoms. The second-order valence-electron chi connectivity index (χ2n) is 5.42. The lowest BCUT2D eigenvalue weighted by molar-refractivity contribution is 0.0993. The van der Waals surface area contributed by atoms with Gasteiger partial charge in [-0.05, 0) is 35.6 Å². The Bertz CT molecular complexity index is 830. The number of anilines is 2. The van der Waals surface area contributed by atoms with Crippen molar-refractivity contribution < 1.29 is 13.2 Å². The monoisotopic (exact) mass is 351 g/mol. The van der Waals surface area contributed by atoms with E-state index in [1.165, 1.54) is 25.4 Å². The molecular weight excluding hydrogens is 334 g/mol. The van der Waals surface area contributed by atoms with Crippen LogP contribution < -0.4 is 9.62 Å². The van der Waals surface area contributed by atoms with Gasteiger partial charge in [0.05, 0.1) is 10.6 Å². The maximum absolute atomic E-state index is 12.6. The Morgan fingerprint density at radius 1 is 1.30 bits per heavy atom. The Kier molecular flexibility index (Phi) is 4.13. The lowest BCUT2D eigenvalue weighted by atomic mass is 10.1. The van der Waals surface area contributed by atoms with Crippen LogP contribution in [-0.2, 0) is 16.6 Å². The number of thiophene rings is 1. The highest BCUT2D eigenvalue weighted by molar-refractivity contribution is 7.90. The maximum Gasteiger partial charge on any atom is 0.301 e. The largest absolute Gasteiger partial charge is 0.307 e. The SMILES string of the molecule is CN(C)S(=O)(=O)Nc1ccc2c(c1)N(C(=O)c1cccs1)CC2. The molecule has 1 aliphatic heterocycles. The summed E-state index contributed by atoms with van der Waals surface area (Å²) in [5.41, 5.74) is 2.26. The van der Waals surface area contributed by atoms with Crippen molar-refractivity contribution in [3.05, 3.63) is 46.2 Å². The molecule has 1 N–H and O–H groups in total. The van der Waals surface area contributed by atoms with Gasteiger partial charge in [0.25, 0.3) is 5.91 Å². The van der Waals surface area contributed by atoms with Gasteiger partial charge in [0.15, 0.2) is 0 Å². The number of nitrogens with one attached hydrogen (secondary N) is 1. The summed E-state index contributed by atoms with van der Waals surface area (Å²) in [4.78, 5) is 14.9. The number of amides is 1. The fraction of sp³-hybridized carbons (Fsp3) is 0.267. The zero-order valence-electron chi connectivity index (χ0n) is 12.8. The van der Waals surface area contributed by atoms with Crippen LogP contribution in [0.2, 0.25) is 0 Å². The fourth-order valence-electron chi connectivity index (χ4n) is 2.43. The van der Waals surface area contributed by atoms with Crippen LogP contribution in [0.25, 0.3) is 0 Å². The minimum atomic E-state index is -3.57. The maximum atomic E-state index is 12.6. The lowest BCUT2D eigenvalue weighted by Crippen LogP contribution is -2.29. The Balaban J connectivity index is 1.90. The zero-order valence-corrected chi connectivity index (χ0v) is 14.4. The summed E-state index contributed by atoms with van der Waals surface area (Å²) < 4.78 is 27.5. The molecule has 0 atom stereocenters. The Labute approximate surface area is 139 Å². The first-order valence-corrected chi connectivity index (χ1v) is 9.39. The Morgan fingerprint density at radius 3 is 2.74 bits per heavy atom. The molecule has 1 aromatic heterocycles. The summed E-state index contributed by atoms with van der Waals surface area (Å²) in [5.74, 6) is -0.0497. The van der Waals surface area contributed by atoms with Crippen LogP contribution in [0, 0.1) is 0 Å². The number of hydrogen-bond acceptors (Lipinski definition) is 4. The van der Waals surface area contributed by atoms with Crippen molar-refractivity contribution >= 4 is 38.8 Å². The van der Waals surface area contributed by atoms with Gasteiger partial charge in [-0.2, -0.15) is 12.7 Å². The molecule has 1 amide bonds. The van der Waals surface area contributed by atoms with Crippen LogP contribution in [0.1, 0.15) is 15.2 Å². The fourth-order valence-corrected chi connectivity index (χ4v) is 3.71. The summed E-state index contributed by atoms with van der Waals surface area (Å²) >= 11 is 1.40. The highest BCUT2D eigenvalue weighted by Gasteiger charge is 2.27. The third kappa shape index (κ3) is 3.10. The van der Waals surface area contributed by atoms with Gasteiger partial charge in [-0.25, -0.2) is 0 Å². The van der Waals surface area contributed by atoms with Gasteiger partial charge in [0.1, 0.15) is 0 Å².